The molecule has 1 rings (SSSR count). The summed E-state index contributed by atoms with van der Waals surface area (Å²) in [6.07, 6.45) is 0.804. The van der Waals surface area contributed by atoms with E-state index in [1.165, 1.54) is 11.1 Å². The third kappa shape index (κ3) is 5.07. The van der Waals surface area contributed by atoms with Gasteiger partial charge in [0.15, 0.2) is 0 Å². The lowest BCUT2D eigenvalue weighted by Gasteiger charge is -2.28. The fourth-order valence-electron chi connectivity index (χ4n) is 1.78. The third-order valence-electron chi connectivity index (χ3n) is 2.77. The van der Waals surface area contributed by atoms with Crippen molar-refractivity contribution in [3.8, 4) is 0 Å². The van der Waals surface area contributed by atoms with Gasteiger partial charge >= 0.3 is 0 Å². The Morgan fingerprint density at radius 3 is 2.44 bits per heavy atom. The number of rotatable bonds is 4. The van der Waals surface area contributed by atoms with Gasteiger partial charge in [0, 0.05) is 5.54 Å². The molecule has 0 fully saturated rings. The maximum Gasteiger partial charge on any atom is 0.237 e. The lowest BCUT2D eigenvalue weighted by Crippen LogP contribution is -2.50. The zero-order chi connectivity index (χ0) is 13.1. The third-order valence-corrected chi connectivity index (χ3v) is 2.77. The van der Waals surface area contributed by atoms with Crippen molar-refractivity contribution in [1.82, 2.24) is 5.32 Å². The van der Waals surface area contributed by atoms with Crippen molar-refractivity contribution in [3.05, 3.63) is 35.4 Å². The summed E-state index contributed by atoms with van der Waals surface area (Å²) in [7, 11) is 0. The van der Waals surface area contributed by atoms with Gasteiger partial charge in [-0.15, -0.1) is 12.4 Å². The average Bonchev–Trinajstić information content (AvgIpc) is 2.20. The van der Waals surface area contributed by atoms with Crippen molar-refractivity contribution in [1.29, 1.82) is 0 Å². The summed E-state index contributed by atoms with van der Waals surface area (Å²) in [6.45, 7) is 7.80. The summed E-state index contributed by atoms with van der Waals surface area (Å²) in [4.78, 5) is 11.6. The molecule has 1 atom stereocenters. The number of nitrogens with one attached hydrogen (secondary N) is 1. The van der Waals surface area contributed by atoms with Crippen molar-refractivity contribution >= 4 is 18.3 Å². The topological polar surface area (TPSA) is 55.1 Å². The quantitative estimate of drug-likeness (QED) is 0.881. The second-order valence-electron chi connectivity index (χ2n) is 5.27. The Hall–Kier alpha value is -1.06. The largest absolute Gasteiger partial charge is 0.350 e. The summed E-state index contributed by atoms with van der Waals surface area (Å²) in [5.41, 5.74) is 7.77. The van der Waals surface area contributed by atoms with Gasteiger partial charge in [-0.1, -0.05) is 24.3 Å². The molecule has 102 valence electrons. The van der Waals surface area contributed by atoms with Crippen molar-refractivity contribution in [2.24, 2.45) is 5.73 Å². The number of hydrogen-bond acceptors (Lipinski definition) is 2. The van der Waals surface area contributed by atoms with Gasteiger partial charge in [-0.2, -0.15) is 0 Å². The van der Waals surface area contributed by atoms with Crippen molar-refractivity contribution in [3.63, 3.8) is 0 Å². The molecule has 3 nitrogen and oxygen atoms in total. The zero-order valence-corrected chi connectivity index (χ0v) is 12.3. The molecule has 3 N–H and O–H groups in total. The number of benzene rings is 1. The molecule has 0 radical (unpaired) electrons. The molecule has 1 aromatic rings. The molecule has 4 heteroatoms. The molecule has 0 aliphatic heterocycles. The molecule has 0 heterocycles. The van der Waals surface area contributed by atoms with E-state index in [-0.39, 0.29) is 23.9 Å². The van der Waals surface area contributed by atoms with E-state index in [9.17, 15) is 4.79 Å². The summed E-state index contributed by atoms with van der Waals surface area (Å²) in [5.74, 6) is -0.108. The highest BCUT2D eigenvalue weighted by atomic mass is 35.5. The van der Waals surface area contributed by atoms with Gasteiger partial charge in [-0.3, -0.25) is 4.79 Å². The first-order valence-corrected chi connectivity index (χ1v) is 5.94. The van der Waals surface area contributed by atoms with E-state index in [1.54, 1.807) is 6.92 Å². The molecule has 0 bridgehead atoms. The Balaban J connectivity index is 0.00000289. The highest BCUT2D eigenvalue weighted by molar-refractivity contribution is 5.85. The fourth-order valence-corrected chi connectivity index (χ4v) is 1.78. The Morgan fingerprint density at radius 1 is 1.39 bits per heavy atom. The van der Waals surface area contributed by atoms with Crippen LogP contribution in [0.5, 0.6) is 0 Å². The van der Waals surface area contributed by atoms with Gasteiger partial charge in [0.1, 0.15) is 0 Å². The summed E-state index contributed by atoms with van der Waals surface area (Å²) < 4.78 is 0. The van der Waals surface area contributed by atoms with E-state index < -0.39 is 6.04 Å². The molecule has 0 spiro atoms. The Morgan fingerprint density at radius 2 is 1.94 bits per heavy atom. The molecule has 1 amide bonds. The molecule has 0 aliphatic rings. The van der Waals surface area contributed by atoms with Crippen LogP contribution in [0.15, 0.2) is 24.3 Å². The second kappa shape index (κ2) is 6.76. The summed E-state index contributed by atoms with van der Waals surface area (Å²) in [6, 6.07) is 7.75. The van der Waals surface area contributed by atoms with E-state index in [4.69, 9.17) is 5.73 Å². The van der Waals surface area contributed by atoms with Crippen molar-refractivity contribution in [2.45, 2.75) is 45.7 Å². The van der Waals surface area contributed by atoms with Crippen molar-refractivity contribution in [2.75, 3.05) is 0 Å². The Kier molecular flexibility index (Phi) is 6.36. The van der Waals surface area contributed by atoms with Crippen LogP contribution in [0.3, 0.4) is 0 Å². The minimum Gasteiger partial charge on any atom is -0.350 e. The van der Waals surface area contributed by atoms with E-state index in [2.05, 4.69) is 24.4 Å². The monoisotopic (exact) mass is 270 g/mol. The van der Waals surface area contributed by atoms with Gasteiger partial charge in [0.2, 0.25) is 5.91 Å². The normalized spacial score (nSPS) is 12.5. The predicted molar refractivity (Wildman–Crippen MR) is 78.0 cm³/mol. The van der Waals surface area contributed by atoms with Gasteiger partial charge in [-0.25, -0.2) is 0 Å². The molecule has 0 unspecified atom stereocenters. The van der Waals surface area contributed by atoms with Crippen LogP contribution in [0.1, 0.15) is 31.9 Å². The van der Waals surface area contributed by atoms with Crippen LogP contribution in [0.4, 0.5) is 0 Å². The smallest absolute Gasteiger partial charge is 0.237 e. The highest BCUT2D eigenvalue weighted by Gasteiger charge is 2.22. The van der Waals surface area contributed by atoms with Gasteiger partial charge in [0.25, 0.3) is 0 Å². The molecule has 0 saturated heterocycles. The maximum atomic E-state index is 11.6. The minimum atomic E-state index is -0.467. The molecule has 0 aliphatic carbocycles. The fraction of sp³-hybridized carbons (Fsp3) is 0.500. The highest BCUT2D eigenvalue weighted by Crippen LogP contribution is 2.16. The van der Waals surface area contributed by atoms with Crippen LogP contribution in [0, 0.1) is 6.92 Å². The SMILES string of the molecule is Cc1ccccc1CC(C)(C)NC(=O)[C@H](C)N.Cl. The van der Waals surface area contributed by atoms with Crippen LogP contribution in [-0.4, -0.2) is 17.5 Å². The minimum absolute atomic E-state index is 0. The number of carbonyl (C=O) groups is 1. The second-order valence-corrected chi connectivity index (χ2v) is 5.27. The number of halogens is 1. The Labute approximate surface area is 116 Å². The Bertz CT molecular complexity index is 403. The number of carbonyl (C=O) groups excluding carboxylic acids is 1. The predicted octanol–water partition coefficient (Wildman–Crippen LogP) is 2.20. The molecular weight excluding hydrogens is 248 g/mol. The first kappa shape index (κ1) is 16.9. The van der Waals surface area contributed by atoms with Crippen molar-refractivity contribution < 1.29 is 4.79 Å². The number of aryl methyl sites for hydroxylation is 1. The van der Waals surface area contributed by atoms with Gasteiger partial charge in [0.05, 0.1) is 6.04 Å². The molecule has 18 heavy (non-hydrogen) atoms. The average molecular weight is 271 g/mol. The molecular formula is C14H23ClN2O. The summed E-state index contributed by atoms with van der Waals surface area (Å²) >= 11 is 0. The van der Waals surface area contributed by atoms with E-state index in [1.807, 2.05) is 26.0 Å². The lowest BCUT2D eigenvalue weighted by molar-refractivity contribution is -0.123. The lowest BCUT2D eigenvalue weighted by atomic mass is 9.92. The van der Waals surface area contributed by atoms with Gasteiger partial charge in [-0.05, 0) is 45.2 Å². The van der Waals surface area contributed by atoms with Crippen LogP contribution in [0.25, 0.3) is 0 Å². The molecule has 0 saturated carbocycles. The first-order chi connectivity index (χ1) is 7.82. The van der Waals surface area contributed by atoms with E-state index in [0.717, 1.165) is 6.42 Å². The van der Waals surface area contributed by atoms with Crippen LogP contribution in [0.2, 0.25) is 0 Å². The number of amides is 1. The zero-order valence-electron chi connectivity index (χ0n) is 11.5. The number of hydrogen-bond donors (Lipinski definition) is 2. The van der Waals surface area contributed by atoms with Crippen LogP contribution in [-0.2, 0) is 11.2 Å². The van der Waals surface area contributed by atoms with Crippen LogP contribution >= 0.6 is 12.4 Å². The summed E-state index contributed by atoms with van der Waals surface area (Å²) in [5, 5.41) is 2.97. The molecule has 1 aromatic carbocycles. The van der Waals surface area contributed by atoms with Gasteiger partial charge < -0.3 is 11.1 Å². The number of nitrogens with two attached hydrogens (primary N) is 1. The standard InChI is InChI=1S/C14H22N2O.ClH/c1-10-7-5-6-8-12(10)9-14(3,4)16-13(17)11(2)15;/h5-8,11H,9,15H2,1-4H3,(H,16,17);1H/t11-;/m0./s1. The van der Waals surface area contributed by atoms with E-state index in [0.29, 0.717) is 0 Å². The molecule has 0 aromatic heterocycles. The maximum absolute atomic E-state index is 11.6. The first-order valence-electron chi connectivity index (χ1n) is 5.94. The van der Waals surface area contributed by atoms with Crippen LogP contribution < -0.4 is 11.1 Å². The van der Waals surface area contributed by atoms with E-state index >= 15 is 0 Å².